The van der Waals surface area contributed by atoms with E-state index in [0.29, 0.717) is 25.3 Å². The molecule has 0 bridgehead atoms. The second-order valence-electron chi connectivity index (χ2n) is 5.65. The Hall–Kier alpha value is -1.40. The number of aromatic amines is 1. The predicted molar refractivity (Wildman–Crippen MR) is 83.2 cm³/mol. The van der Waals surface area contributed by atoms with Crippen LogP contribution >= 0.6 is 0 Å². The number of nitrogens with one attached hydrogen (secondary N) is 2. The molecule has 0 radical (unpaired) electrons. The molecule has 0 saturated heterocycles. The SMILES string of the molecule is CC(C)CCS(=O)(=O)NCCc1c[nH]c2ccc(F)cc12. The van der Waals surface area contributed by atoms with Crippen molar-refractivity contribution in [3.8, 4) is 0 Å². The summed E-state index contributed by atoms with van der Waals surface area (Å²) < 4.78 is 39.5. The molecule has 0 fully saturated rings. The minimum absolute atomic E-state index is 0.146. The molecule has 0 aliphatic rings. The Kier molecular flexibility index (Phi) is 5.00. The molecule has 0 atom stereocenters. The lowest BCUT2D eigenvalue weighted by Crippen LogP contribution is -2.28. The average Bonchev–Trinajstić information content (AvgIpc) is 2.79. The predicted octanol–water partition coefficient (Wildman–Crippen LogP) is 2.82. The van der Waals surface area contributed by atoms with Gasteiger partial charge in [-0.3, -0.25) is 0 Å². The van der Waals surface area contributed by atoms with Crippen molar-refractivity contribution < 1.29 is 12.8 Å². The number of halogens is 1. The van der Waals surface area contributed by atoms with Crippen LogP contribution in [0.4, 0.5) is 4.39 Å². The summed E-state index contributed by atoms with van der Waals surface area (Å²) >= 11 is 0. The molecule has 2 aromatic rings. The van der Waals surface area contributed by atoms with Gasteiger partial charge >= 0.3 is 0 Å². The Morgan fingerprint density at radius 1 is 1.33 bits per heavy atom. The molecule has 21 heavy (non-hydrogen) atoms. The fraction of sp³-hybridized carbons (Fsp3) is 0.467. The second kappa shape index (κ2) is 6.58. The van der Waals surface area contributed by atoms with Gasteiger partial charge in [0.2, 0.25) is 10.0 Å². The quantitative estimate of drug-likeness (QED) is 0.826. The number of benzene rings is 1. The standard InChI is InChI=1S/C15H21FN2O2S/c1-11(2)6-8-21(19,20)18-7-5-12-10-17-15-4-3-13(16)9-14(12)15/h3-4,9-11,17-18H,5-8H2,1-2H3. The maximum Gasteiger partial charge on any atom is 0.211 e. The molecule has 0 aliphatic heterocycles. The van der Waals surface area contributed by atoms with Crippen LogP contribution in [-0.4, -0.2) is 25.7 Å². The fourth-order valence-corrected chi connectivity index (χ4v) is 3.50. The highest BCUT2D eigenvalue weighted by molar-refractivity contribution is 7.89. The van der Waals surface area contributed by atoms with Gasteiger partial charge in [-0.15, -0.1) is 0 Å². The first-order valence-electron chi connectivity index (χ1n) is 7.10. The second-order valence-corrected chi connectivity index (χ2v) is 7.58. The zero-order chi connectivity index (χ0) is 15.5. The van der Waals surface area contributed by atoms with Gasteiger partial charge in [0, 0.05) is 23.6 Å². The van der Waals surface area contributed by atoms with E-state index in [1.807, 2.05) is 13.8 Å². The molecule has 0 spiro atoms. The molecule has 0 saturated carbocycles. The van der Waals surface area contributed by atoms with Crippen LogP contribution in [0.5, 0.6) is 0 Å². The molecule has 4 nitrogen and oxygen atoms in total. The average molecular weight is 312 g/mol. The van der Waals surface area contributed by atoms with Crippen LogP contribution in [0.15, 0.2) is 24.4 Å². The van der Waals surface area contributed by atoms with Crippen molar-refractivity contribution >= 4 is 20.9 Å². The van der Waals surface area contributed by atoms with E-state index < -0.39 is 10.0 Å². The number of hydrogen-bond acceptors (Lipinski definition) is 2. The van der Waals surface area contributed by atoms with Crippen LogP contribution in [0.1, 0.15) is 25.8 Å². The summed E-state index contributed by atoms with van der Waals surface area (Å²) in [7, 11) is -3.23. The maximum absolute atomic E-state index is 13.3. The monoisotopic (exact) mass is 312 g/mol. The zero-order valence-electron chi connectivity index (χ0n) is 12.3. The molecule has 0 aliphatic carbocycles. The molecule has 2 rings (SSSR count). The summed E-state index contributed by atoms with van der Waals surface area (Å²) in [6.07, 6.45) is 2.98. The topological polar surface area (TPSA) is 62.0 Å². The molecule has 2 N–H and O–H groups in total. The number of fused-ring (bicyclic) bond motifs is 1. The van der Waals surface area contributed by atoms with E-state index in [9.17, 15) is 12.8 Å². The molecule has 0 unspecified atom stereocenters. The third-order valence-corrected chi connectivity index (χ3v) is 4.83. The normalized spacial score (nSPS) is 12.4. The van der Waals surface area contributed by atoms with Gasteiger partial charge in [-0.1, -0.05) is 13.8 Å². The molecular formula is C15H21FN2O2S. The van der Waals surface area contributed by atoms with E-state index in [1.165, 1.54) is 12.1 Å². The lowest BCUT2D eigenvalue weighted by Gasteiger charge is -2.08. The number of rotatable bonds is 7. The molecule has 0 amide bonds. The first-order chi connectivity index (χ1) is 9.87. The molecule has 1 heterocycles. The third-order valence-electron chi connectivity index (χ3n) is 3.41. The summed E-state index contributed by atoms with van der Waals surface area (Å²) in [5.41, 5.74) is 1.77. The summed E-state index contributed by atoms with van der Waals surface area (Å²) in [5.74, 6) is 0.215. The van der Waals surface area contributed by atoms with Crippen molar-refractivity contribution in [1.29, 1.82) is 0 Å². The highest BCUT2D eigenvalue weighted by Crippen LogP contribution is 2.19. The lowest BCUT2D eigenvalue weighted by atomic mass is 10.1. The van der Waals surface area contributed by atoms with E-state index in [4.69, 9.17) is 0 Å². The Bertz CT molecular complexity index is 708. The lowest BCUT2D eigenvalue weighted by molar-refractivity contribution is 0.562. The van der Waals surface area contributed by atoms with Gasteiger partial charge in [0.15, 0.2) is 0 Å². The first-order valence-corrected chi connectivity index (χ1v) is 8.75. The maximum atomic E-state index is 13.3. The fourth-order valence-electron chi connectivity index (χ4n) is 2.16. The van der Waals surface area contributed by atoms with Crippen molar-refractivity contribution in [2.45, 2.75) is 26.7 Å². The summed E-state index contributed by atoms with van der Waals surface area (Å²) in [6, 6.07) is 4.55. The van der Waals surface area contributed by atoms with Gasteiger partial charge in [0.05, 0.1) is 5.75 Å². The summed E-state index contributed by atoms with van der Waals surface area (Å²) in [4.78, 5) is 3.06. The van der Waals surface area contributed by atoms with E-state index in [0.717, 1.165) is 16.5 Å². The number of sulfonamides is 1. The van der Waals surface area contributed by atoms with Crippen LogP contribution in [-0.2, 0) is 16.4 Å². The minimum atomic E-state index is -3.23. The Labute approximate surface area is 124 Å². The summed E-state index contributed by atoms with van der Waals surface area (Å²) in [5, 5.41) is 0.802. The van der Waals surface area contributed by atoms with Gasteiger partial charge in [0.25, 0.3) is 0 Å². The number of aromatic nitrogens is 1. The molecule has 1 aromatic heterocycles. The van der Waals surface area contributed by atoms with Gasteiger partial charge in [-0.2, -0.15) is 0 Å². The molecule has 116 valence electrons. The zero-order valence-corrected chi connectivity index (χ0v) is 13.1. The van der Waals surface area contributed by atoms with Crippen molar-refractivity contribution in [1.82, 2.24) is 9.71 Å². The molecule has 6 heteroatoms. The van der Waals surface area contributed by atoms with Crippen LogP contribution in [0, 0.1) is 11.7 Å². The minimum Gasteiger partial charge on any atom is -0.361 e. The van der Waals surface area contributed by atoms with E-state index >= 15 is 0 Å². The van der Waals surface area contributed by atoms with Crippen molar-refractivity contribution in [3.63, 3.8) is 0 Å². The van der Waals surface area contributed by atoms with Crippen molar-refractivity contribution in [2.24, 2.45) is 5.92 Å². The van der Waals surface area contributed by atoms with Crippen LogP contribution in [0.25, 0.3) is 10.9 Å². The largest absolute Gasteiger partial charge is 0.361 e. The Morgan fingerprint density at radius 3 is 2.81 bits per heavy atom. The Balaban J connectivity index is 1.95. The highest BCUT2D eigenvalue weighted by Gasteiger charge is 2.11. The molecule has 1 aromatic carbocycles. The smallest absolute Gasteiger partial charge is 0.211 e. The van der Waals surface area contributed by atoms with Gasteiger partial charge in [-0.05, 0) is 42.5 Å². The van der Waals surface area contributed by atoms with E-state index in [2.05, 4.69) is 9.71 Å². The van der Waals surface area contributed by atoms with Gasteiger partial charge in [-0.25, -0.2) is 17.5 Å². The third kappa shape index (κ3) is 4.54. The highest BCUT2D eigenvalue weighted by atomic mass is 32.2. The number of hydrogen-bond donors (Lipinski definition) is 2. The van der Waals surface area contributed by atoms with E-state index in [-0.39, 0.29) is 11.6 Å². The van der Waals surface area contributed by atoms with Gasteiger partial charge < -0.3 is 4.98 Å². The van der Waals surface area contributed by atoms with Crippen LogP contribution in [0.3, 0.4) is 0 Å². The number of H-pyrrole nitrogens is 1. The summed E-state index contributed by atoms with van der Waals surface area (Å²) in [6.45, 7) is 4.32. The van der Waals surface area contributed by atoms with Crippen molar-refractivity contribution in [3.05, 3.63) is 35.8 Å². The first kappa shape index (κ1) is 16.0. The molecular weight excluding hydrogens is 291 g/mol. The van der Waals surface area contributed by atoms with Crippen LogP contribution < -0.4 is 4.72 Å². The van der Waals surface area contributed by atoms with Crippen LogP contribution in [0.2, 0.25) is 0 Å². The van der Waals surface area contributed by atoms with Crippen molar-refractivity contribution in [2.75, 3.05) is 12.3 Å². The van der Waals surface area contributed by atoms with E-state index in [1.54, 1.807) is 12.3 Å². The Morgan fingerprint density at radius 2 is 2.10 bits per heavy atom. The van der Waals surface area contributed by atoms with Gasteiger partial charge in [0.1, 0.15) is 5.82 Å².